The fourth-order valence-electron chi connectivity index (χ4n) is 3.38. The minimum Gasteiger partial charge on any atom is -0.497 e. The highest BCUT2D eigenvalue weighted by Gasteiger charge is 2.23. The third-order valence-corrected chi connectivity index (χ3v) is 5.06. The first-order valence-electron chi connectivity index (χ1n) is 9.33. The Kier molecular flexibility index (Phi) is 6.47. The van der Waals surface area contributed by atoms with Gasteiger partial charge in [-0.1, -0.05) is 12.1 Å². The number of likely N-dealkylation sites (tertiary alicyclic amines) is 1. The van der Waals surface area contributed by atoms with E-state index in [0.717, 1.165) is 38.1 Å². The van der Waals surface area contributed by atoms with Gasteiger partial charge in [0.2, 0.25) is 0 Å². The second-order valence-corrected chi connectivity index (χ2v) is 6.92. The number of carbonyl (C=O) groups is 1. The first-order valence-corrected chi connectivity index (χ1v) is 9.33. The molecule has 7 nitrogen and oxygen atoms in total. The van der Waals surface area contributed by atoms with Crippen molar-refractivity contribution >= 4 is 11.6 Å². The van der Waals surface area contributed by atoms with Crippen molar-refractivity contribution in [1.29, 1.82) is 0 Å². The van der Waals surface area contributed by atoms with Gasteiger partial charge in [0.15, 0.2) is 6.61 Å². The molecule has 0 aromatic heterocycles. The first kappa shape index (κ1) is 19.7. The molecular formula is C21H24N2O5. The number of piperidine rings is 1. The monoisotopic (exact) mass is 384 g/mol. The number of nitro groups is 1. The second-order valence-electron chi connectivity index (χ2n) is 6.92. The lowest BCUT2D eigenvalue weighted by atomic mass is 9.90. The topological polar surface area (TPSA) is 81.9 Å². The van der Waals surface area contributed by atoms with Gasteiger partial charge in [0.1, 0.15) is 11.5 Å². The van der Waals surface area contributed by atoms with E-state index in [1.54, 1.807) is 7.11 Å². The van der Waals surface area contributed by atoms with Gasteiger partial charge in [-0.05, 0) is 55.0 Å². The molecule has 7 heteroatoms. The highest BCUT2D eigenvalue weighted by Crippen LogP contribution is 2.23. The summed E-state index contributed by atoms with van der Waals surface area (Å²) in [5, 5.41) is 10.7. The molecular weight excluding hydrogens is 360 g/mol. The van der Waals surface area contributed by atoms with Crippen LogP contribution in [0.25, 0.3) is 0 Å². The average Bonchev–Trinajstić information content (AvgIpc) is 2.73. The van der Waals surface area contributed by atoms with Crippen molar-refractivity contribution in [1.82, 2.24) is 4.90 Å². The molecule has 0 atom stereocenters. The smallest absolute Gasteiger partial charge is 0.269 e. The zero-order valence-corrected chi connectivity index (χ0v) is 15.9. The van der Waals surface area contributed by atoms with Crippen LogP contribution in [0.15, 0.2) is 48.5 Å². The lowest BCUT2D eigenvalue weighted by Crippen LogP contribution is -2.41. The SMILES string of the molecule is COc1ccc(CC2CCN(C(=O)COc3ccc([N+](=O)[O-])cc3)CC2)cc1. The van der Waals surface area contributed by atoms with Gasteiger partial charge in [0.25, 0.3) is 11.6 Å². The maximum Gasteiger partial charge on any atom is 0.269 e. The van der Waals surface area contributed by atoms with Crippen LogP contribution in [0, 0.1) is 16.0 Å². The van der Waals surface area contributed by atoms with E-state index in [1.165, 1.54) is 29.8 Å². The molecule has 1 aliphatic rings. The highest BCUT2D eigenvalue weighted by atomic mass is 16.6. The van der Waals surface area contributed by atoms with Crippen LogP contribution in [0.2, 0.25) is 0 Å². The van der Waals surface area contributed by atoms with Gasteiger partial charge in [0.05, 0.1) is 12.0 Å². The number of non-ortho nitro benzene ring substituents is 1. The van der Waals surface area contributed by atoms with Crippen molar-refractivity contribution in [2.45, 2.75) is 19.3 Å². The van der Waals surface area contributed by atoms with E-state index in [2.05, 4.69) is 12.1 Å². The largest absolute Gasteiger partial charge is 0.497 e. The number of carbonyl (C=O) groups excluding carboxylic acids is 1. The summed E-state index contributed by atoms with van der Waals surface area (Å²) in [6, 6.07) is 13.9. The van der Waals surface area contributed by atoms with Crippen molar-refractivity contribution in [3.8, 4) is 11.5 Å². The minimum absolute atomic E-state index is 0.00221. The average molecular weight is 384 g/mol. The summed E-state index contributed by atoms with van der Waals surface area (Å²) >= 11 is 0. The predicted octanol–water partition coefficient (Wildman–Crippen LogP) is 3.46. The lowest BCUT2D eigenvalue weighted by Gasteiger charge is -2.32. The number of amides is 1. The summed E-state index contributed by atoms with van der Waals surface area (Å²) in [7, 11) is 1.66. The van der Waals surface area contributed by atoms with Crippen molar-refractivity contribution in [3.63, 3.8) is 0 Å². The number of nitrogens with zero attached hydrogens (tertiary/aromatic N) is 2. The predicted molar refractivity (Wildman–Crippen MR) is 105 cm³/mol. The van der Waals surface area contributed by atoms with Crippen molar-refractivity contribution in [3.05, 3.63) is 64.2 Å². The third-order valence-electron chi connectivity index (χ3n) is 5.06. The first-order chi connectivity index (χ1) is 13.5. The molecule has 3 rings (SSSR count). The maximum atomic E-state index is 12.4. The van der Waals surface area contributed by atoms with Gasteiger partial charge in [0, 0.05) is 25.2 Å². The van der Waals surface area contributed by atoms with Crippen LogP contribution >= 0.6 is 0 Å². The van der Waals surface area contributed by atoms with E-state index < -0.39 is 4.92 Å². The van der Waals surface area contributed by atoms with E-state index in [9.17, 15) is 14.9 Å². The summed E-state index contributed by atoms with van der Waals surface area (Å²) in [5.74, 6) is 1.82. The molecule has 1 fully saturated rings. The molecule has 0 N–H and O–H groups in total. The Morgan fingerprint density at radius 2 is 1.68 bits per heavy atom. The molecule has 0 unspecified atom stereocenters. The fourth-order valence-corrected chi connectivity index (χ4v) is 3.38. The van der Waals surface area contributed by atoms with Gasteiger partial charge in [-0.2, -0.15) is 0 Å². The van der Waals surface area contributed by atoms with E-state index in [1.807, 2.05) is 17.0 Å². The minimum atomic E-state index is -0.467. The molecule has 0 bridgehead atoms. The second kappa shape index (κ2) is 9.21. The number of nitro benzene ring substituents is 1. The van der Waals surface area contributed by atoms with Crippen molar-refractivity contribution in [2.75, 3.05) is 26.8 Å². The van der Waals surface area contributed by atoms with E-state index in [4.69, 9.17) is 9.47 Å². The number of rotatable bonds is 7. The molecule has 1 saturated heterocycles. The van der Waals surface area contributed by atoms with Gasteiger partial charge in [-0.3, -0.25) is 14.9 Å². The molecule has 28 heavy (non-hydrogen) atoms. The summed E-state index contributed by atoms with van der Waals surface area (Å²) in [6.45, 7) is 1.40. The Morgan fingerprint density at radius 1 is 1.07 bits per heavy atom. The standard InChI is InChI=1S/C21H24N2O5/c1-27-19-6-2-16(3-7-19)14-17-10-12-22(13-11-17)21(24)15-28-20-8-4-18(5-9-20)23(25)26/h2-9,17H,10-15H2,1H3. The number of hydrogen-bond donors (Lipinski definition) is 0. The highest BCUT2D eigenvalue weighted by molar-refractivity contribution is 5.77. The van der Waals surface area contributed by atoms with Crippen LogP contribution in [-0.4, -0.2) is 42.5 Å². The number of hydrogen-bond acceptors (Lipinski definition) is 5. The lowest BCUT2D eigenvalue weighted by molar-refractivity contribution is -0.384. The van der Waals surface area contributed by atoms with E-state index >= 15 is 0 Å². The zero-order chi connectivity index (χ0) is 19.9. The quantitative estimate of drug-likeness (QED) is 0.539. The van der Waals surface area contributed by atoms with Crippen LogP contribution in [0.4, 0.5) is 5.69 Å². The zero-order valence-electron chi connectivity index (χ0n) is 15.9. The summed E-state index contributed by atoms with van der Waals surface area (Å²) in [6.07, 6.45) is 2.94. The third kappa shape index (κ3) is 5.22. The molecule has 0 spiro atoms. The molecule has 0 saturated carbocycles. The fraction of sp³-hybridized carbons (Fsp3) is 0.381. The van der Waals surface area contributed by atoms with Crippen LogP contribution in [-0.2, 0) is 11.2 Å². The number of methoxy groups -OCH3 is 1. The van der Waals surface area contributed by atoms with Crippen LogP contribution < -0.4 is 9.47 Å². The molecule has 0 radical (unpaired) electrons. The Bertz CT molecular complexity index is 797. The number of ether oxygens (including phenoxy) is 2. The Morgan fingerprint density at radius 3 is 2.25 bits per heavy atom. The van der Waals surface area contributed by atoms with E-state index in [-0.39, 0.29) is 18.2 Å². The Hall–Kier alpha value is -3.09. The van der Waals surface area contributed by atoms with Crippen molar-refractivity contribution in [2.24, 2.45) is 5.92 Å². The van der Waals surface area contributed by atoms with Crippen LogP contribution in [0.3, 0.4) is 0 Å². The van der Waals surface area contributed by atoms with E-state index in [0.29, 0.717) is 11.7 Å². The molecule has 148 valence electrons. The summed E-state index contributed by atoms with van der Waals surface area (Å²) < 4.78 is 10.7. The van der Waals surface area contributed by atoms with Gasteiger partial charge >= 0.3 is 0 Å². The van der Waals surface area contributed by atoms with Gasteiger partial charge < -0.3 is 14.4 Å². The molecule has 1 aliphatic heterocycles. The Labute approximate surface area is 164 Å². The summed E-state index contributed by atoms with van der Waals surface area (Å²) in [4.78, 5) is 24.4. The van der Waals surface area contributed by atoms with Gasteiger partial charge in [-0.25, -0.2) is 0 Å². The van der Waals surface area contributed by atoms with Crippen LogP contribution in [0.5, 0.6) is 11.5 Å². The van der Waals surface area contributed by atoms with Gasteiger partial charge in [-0.15, -0.1) is 0 Å². The molecule has 0 aliphatic carbocycles. The normalized spacial score (nSPS) is 14.5. The molecule has 2 aromatic carbocycles. The maximum absolute atomic E-state index is 12.4. The summed E-state index contributed by atoms with van der Waals surface area (Å²) in [5.41, 5.74) is 1.28. The molecule has 1 amide bonds. The molecule has 2 aromatic rings. The Balaban J connectivity index is 1.42. The number of benzene rings is 2. The van der Waals surface area contributed by atoms with Crippen molar-refractivity contribution < 1.29 is 19.2 Å². The molecule has 1 heterocycles. The van der Waals surface area contributed by atoms with Crippen LogP contribution in [0.1, 0.15) is 18.4 Å².